The van der Waals surface area contributed by atoms with Crippen molar-refractivity contribution in [2.75, 3.05) is 39.9 Å². The van der Waals surface area contributed by atoms with Crippen molar-refractivity contribution in [3.05, 3.63) is 0 Å². The van der Waals surface area contributed by atoms with E-state index < -0.39 is 0 Å². The third-order valence-corrected chi connectivity index (χ3v) is 5.96. The Balaban J connectivity index is 0.00000364. The van der Waals surface area contributed by atoms with Gasteiger partial charge in [-0.05, 0) is 50.9 Å². The molecule has 6 nitrogen and oxygen atoms in total. The summed E-state index contributed by atoms with van der Waals surface area (Å²) in [5.41, 5.74) is 0.340. The van der Waals surface area contributed by atoms with E-state index in [9.17, 15) is 4.79 Å². The number of hydrogen-bond donors (Lipinski definition) is 2. The van der Waals surface area contributed by atoms with E-state index >= 15 is 0 Å². The number of methoxy groups -OCH3 is 1. The van der Waals surface area contributed by atoms with Gasteiger partial charge in [-0.1, -0.05) is 13.3 Å². The van der Waals surface area contributed by atoms with Crippen molar-refractivity contribution < 1.29 is 9.53 Å². The lowest BCUT2D eigenvalue weighted by Gasteiger charge is -2.40. The molecular weight excluding hydrogens is 455 g/mol. The number of carbonyl (C=O) groups excluding carboxylic acids is 1. The zero-order valence-electron chi connectivity index (χ0n) is 17.4. The number of aliphatic imine (C=N–C) groups is 1. The quantitative estimate of drug-likeness (QED) is 0.263. The Bertz CT molecular complexity index is 469. The number of guanidine groups is 1. The summed E-state index contributed by atoms with van der Waals surface area (Å²) >= 11 is 0. The van der Waals surface area contributed by atoms with E-state index in [1.54, 1.807) is 7.11 Å². The number of likely N-dealkylation sites (tertiary alicyclic amines) is 1. The molecule has 1 amide bonds. The maximum Gasteiger partial charge on any atom is 0.222 e. The zero-order valence-corrected chi connectivity index (χ0v) is 19.7. The minimum absolute atomic E-state index is 0. The van der Waals surface area contributed by atoms with Crippen LogP contribution in [0, 0.1) is 5.41 Å². The van der Waals surface area contributed by atoms with Gasteiger partial charge in [-0.25, -0.2) is 0 Å². The molecule has 27 heavy (non-hydrogen) atoms. The van der Waals surface area contributed by atoms with Gasteiger partial charge in [0.2, 0.25) is 5.91 Å². The van der Waals surface area contributed by atoms with Gasteiger partial charge in [0.05, 0.1) is 0 Å². The Labute approximate surface area is 182 Å². The molecule has 2 N–H and O–H groups in total. The van der Waals surface area contributed by atoms with Crippen LogP contribution in [0.4, 0.5) is 0 Å². The molecule has 0 aromatic rings. The normalized spacial score (nSPS) is 20.0. The Morgan fingerprint density at radius 1 is 1.30 bits per heavy atom. The highest BCUT2D eigenvalue weighted by atomic mass is 127. The Morgan fingerprint density at radius 2 is 2.07 bits per heavy atom. The summed E-state index contributed by atoms with van der Waals surface area (Å²) in [6.45, 7) is 8.59. The minimum Gasteiger partial charge on any atom is -0.385 e. The molecule has 2 aliphatic rings. The van der Waals surface area contributed by atoms with Crippen molar-refractivity contribution in [3.63, 3.8) is 0 Å². The second kappa shape index (κ2) is 12.8. The molecule has 0 aromatic heterocycles. The molecule has 0 bridgehead atoms. The number of halogens is 1. The van der Waals surface area contributed by atoms with E-state index in [0.717, 1.165) is 70.8 Å². The van der Waals surface area contributed by atoms with Gasteiger partial charge in [-0.2, -0.15) is 0 Å². The van der Waals surface area contributed by atoms with E-state index in [1.807, 2.05) is 0 Å². The minimum atomic E-state index is 0. The fourth-order valence-corrected chi connectivity index (χ4v) is 4.06. The Hall–Kier alpha value is -0.570. The van der Waals surface area contributed by atoms with E-state index in [1.165, 1.54) is 19.3 Å². The predicted molar refractivity (Wildman–Crippen MR) is 122 cm³/mol. The molecule has 1 atom stereocenters. The number of carbonyl (C=O) groups is 1. The molecule has 2 rings (SSSR count). The molecule has 1 saturated heterocycles. The summed E-state index contributed by atoms with van der Waals surface area (Å²) in [6.07, 6.45) is 8.64. The van der Waals surface area contributed by atoms with Crippen molar-refractivity contribution in [2.45, 2.75) is 71.3 Å². The number of amides is 1. The molecule has 1 aliphatic carbocycles. The second-order valence-corrected chi connectivity index (χ2v) is 7.76. The van der Waals surface area contributed by atoms with Crippen LogP contribution in [0.15, 0.2) is 4.99 Å². The van der Waals surface area contributed by atoms with Crippen molar-refractivity contribution in [1.82, 2.24) is 15.5 Å². The number of hydrogen-bond acceptors (Lipinski definition) is 3. The van der Waals surface area contributed by atoms with Crippen molar-refractivity contribution in [2.24, 2.45) is 10.4 Å². The molecule has 158 valence electrons. The van der Waals surface area contributed by atoms with Crippen LogP contribution in [-0.2, 0) is 9.53 Å². The first-order valence-corrected chi connectivity index (χ1v) is 10.4. The average Bonchev–Trinajstić information content (AvgIpc) is 3.03. The third-order valence-electron chi connectivity index (χ3n) is 5.96. The van der Waals surface area contributed by atoms with Gasteiger partial charge in [0.25, 0.3) is 0 Å². The van der Waals surface area contributed by atoms with Gasteiger partial charge in [0, 0.05) is 52.4 Å². The first kappa shape index (κ1) is 24.5. The van der Waals surface area contributed by atoms with Crippen LogP contribution in [0.2, 0.25) is 0 Å². The predicted octanol–water partition coefficient (Wildman–Crippen LogP) is 3.16. The lowest BCUT2D eigenvalue weighted by Crippen LogP contribution is -2.43. The fraction of sp³-hybridized carbons (Fsp3) is 0.900. The number of nitrogens with zero attached hydrogens (tertiary/aromatic N) is 2. The summed E-state index contributed by atoms with van der Waals surface area (Å²) in [4.78, 5) is 18.9. The van der Waals surface area contributed by atoms with Gasteiger partial charge in [-0.3, -0.25) is 9.79 Å². The molecule has 1 heterocycles. The summed E-state index contributed by atoms with van der Waals surface area (Å²) in [5.74, 6) is 1.22. The van der Waals surface area contributed by atoms with Crippen LogP contribution < -0.4 is 10.6 Å². The summed E-state index contributed by atoms with van der Waals surface area (Å²) < 4.78 is 5.28. The highest BCUT2D eigenvalue weighted by Crippen LogP contribution is 2.44. The maximum absolute atomic E-state index is 12.0. The fourth-order valence-electron chi connectivity index (χ4n) is 4.06. The number of ether oxygens (including phenoxy) is 1. The molecule has 0 spiro atoms. The molecule has 7 heteroatoms. The van der Waals surface area contributed by atoms with Gasteiger partial charge >= 0.3 is 0 Å². The number of rotatable bonds is 11. The van der Waals surface area contributed by atoms with E-state index in [4.69, 9.17) is 9.73 Å². The lowest BCUT2D eigenvalue weighted by atomic mass is 9.67. The lowest BCUT2D eigenvalue weighted by molar-refractivity contribution is -0.129. The van der Waals surface area contributed by atoms with Crippen LogP contribution in [-0.4, -0.2) is 62.7 Å². The Morgan fingerprint density at radius 3 is 2.59 bits per heavy atom. The first-order valence-electron chi connectivity index (χ1n) is 10.4. The van der Waals surface area contributed by atoms with Crippen molar-refractivity contribution >= 4 is 35.8 Å². The monoisotopic (exact) mass is 494 g/mol. The van der Waals surface area contributed by atoms with Crippen LogP contribution in [0.25, 0.3) is 0 Å². The highest BCUT2D eigenvalue weighted by Gasteiger charge is 2.36. The Kier molecular flexibility index (Phi) is 11.6. The zero-order chi connectivity index (χ0) is 18.8. The molecule has 1 aliphatic heterocycles. The van der Waals surface area contributed by atoms with Crippen LogP contribution in [0.1, 0.15) is 65.2 Å². The number of nitrogens with one attached hydrogen (secondary N) is 2. The van der Waals surface area contributed by atoms with Gasteiger partial charge < -0.3 is 20.3 Å². The van der Waals surface area contributed by atoms with E-state index in [-0.39, 0.29) is 24.0 Å². The topological polar surface area (TPSA) is 66.0 Å². The van der Waals surface area contributed by atoms with Gasteiger partial charge in [-0.15, -0.1) is 24.0 Å². The molecule has 1 saturated carbocycles. The summed E-state index contributed by atoms with van der Waals surface area (Å²) in [5, 5.41) is 6.83. The van der Waals surface area contributed by atoms with Crippen LogP contribution >= 0.6 is 24.0 Å². The molecular formula is C20H39IN4O2. The molecule has 2 fully saturated rings. The summed E-state index contributed by atoms with van der Waals surface area (Å²) in [6, 6.07) is 0.347. The standard InChI is InChI=1S/C20H38N4O2.HI/c1-4-17(24-14-6-8-18(24)25)9-13-22-19(21-5-2)23-16-20(10-7-11-20)12-15-26-3;/h17H,4-16H2,1-3H3,(H2,21,22,23);1H. The smallest absolute Gasteiger partial charge is 0.222 e. The molecule has 1 unspecified atom stereocenters. The summed E-state index contributed by atoms with van der Waals surface area (Å²) in [7, 11) is 1.77. The first-order chi connectivity index (χ1) is 12.6. The second-order valence-electron chi connectivity index (χ2n) is 7.76. The van der Waals surface area contributed by atoms with Crippen LogP contribution in [0.5, 0.6) is 0 Å². The molecule has 0 aromatic carbocycles. The van der Waals surface area contributed by atoms with Gasteiger partial charge in [0.1, 0.15) is 0 Å². The average molecular weight is 494 g/mol. The SMILES string of the molecule is CCNC(=NCC1(CCOC)CCC1)NCCC(CC)N1CCCC1=O.I. The highest BCUT2D eigenvalue weighted by molar-refractivity contribution is 14.0. The maximum atomic E-state index is 12.0. The molecule has 0 radical (unpaired) electrons. The largest absolute Gasteiger partial charge is 0.385 e. The van der Waals surface area contributed by atoms with Crippen molar-refractivity contribution in [1.29, 1.82) is 0 Å². The van der Waals surface area contributed by atoms with Crippen LogP contribution in [0.3, 0.4) is 0 Å². The van der Waals surface area contributed by atoms with E-state index in [2.05, 4.69) is 29.4 Å². The van der Waals surface area contributed by atoms with E-state index in [0.29, 0.717) is 17.4 Å². The third kappa shape index (κ3) is 7.40. The van der Waals surface area contributed by atoms with Crippen molar-refractivity contribution in [3.8, 4) is 0 Å². The van der Waals surface area contributed by atoms with Gasteiger partial charge in [0.15, 0.2) is 5.96 Å².